The van der Waals surface area contributed by atoms with E-state index in [1.807, 2.05) is 42.7 Å². The second kappa shape index (κ2) is 8.80. The first-order valence-electron chi connectivity index (χ1n) is 9.02. The molecule has 0 bridgehead atoms. The second-order valence-corrected chi connectivity index (χ2v) is 8.16. The van der Waals surface area contributed by atoms with Crippen LogP contribution in [0.1, 0.15) is 35.5 Å². The molecule has 3 rings (SSSR count). The summed E-state index contributed by atoms with van der Waals surface area (Å²) in [6, 6.07) is 13.7. The second-order valence-electron chi connectivity index (χ2n) is 6.78. The lowest BCUT2D eigenvalue weighted by molar-refractivity contribution is -0.119. The molecule has 0 saturated heterocycles. The van der Waals surface area contributed by atoms with Crippen LogP contribution in [-0.2, 0) is 4.79 Å². The summed E-state index contributed by atoms with van der Waals surface area (Å²) in [4.78, 5) is 12.4. The van der Waals surface area contributed by atoms with E-state index in [9.17, 15) is 4.79 Å². The van der Waals surface area contributed by atoms with Crippen LogP contribution in [0.5, 0.6) is 0 Å². The third-order valence-electron chi connectivity index (χ3n) is 4.48. The molecule has 1 atom stereocenters. The van der Waals surface area contributed by atoms with Crippen LogP contribution in [0.15, 0.2) is 47.6 Å². The number of amides is 1. The van der Waals surface area contributed by atoms with E-state index < -0.39 is 0 Å². The third kappa shape index (κ3) is 4.75. The lowest BCUT2D eigenvalue weighted by atomic mass is 10.1. The van der Waals surface area contributed by atoms with Crippen molar-refractivity contribution in [2.24, 2.45) is 0 Å². The topological polar surface area (TPSA) is 59.8 Å². The van der Waals surface area contributed by atoms with Crippen LogP contribution in [0.3, 0.4) is 0 Å². The summed E-state index contributed by atoms with van der Waals surface area (Å²) in [6.07, 6.45) is 0. The number of carbonyl (C=O) groups excluding carboxylic acids is 1. The molecular formula is C21H23ClN4OS. The molecule has 0 fully saturated rings. The minimum absolute atomic E-state index is 0.0550. The van der Waals surface area contributed by atoms with Crippen molar-refractivity contribution < 1.29 is 4.79 Å². The van der Waals surface area contributed by atoms with Gasteiger partial charge in [0.05, 0.1) is 17.5 Å². The fourth-order valence-corrected chi connectivity index (χ4v) is 3.85. The van der Waals surface area contributed by atoms with Crippen molar-refractivity contribution in [2.75, 3.05) is 5.75 Å². The van der Waals surface area contributed by atoms with Crippen LogP contribution >= 0.6 is 23.4 Å². The molecule has 1 amide bonds. The summed E-state index contributed by atoms with van der Waals surface area (Å²) in [5.74, 6) is 1.01. The molecule has 0 saturated carbocycles. The fourth-order valence-electron chi connectivity index (χ4n) is 2.92. The zero-order valence-electron chi connectivity index (χ0n) is 16.4. The highest BCUT2D eigenvalue weighted by atomic mass is 35.5. The molecule has 0 aliphatic heterocycles. The van der Waals surface area contributed by atoms with Gasteiger partial charge in [-0.1, -0.05) is 47.6 Å². The third-order valence-corrected chi connectivity index (χ3v) is 5.66. The number of aryl methyl sites for hydroxylation is 3. The average molecular weight is 415 g/mol. The number of hydrogen-bond donors (Lipinski definition) is 1. The van der Waals surface area contributed by atoms with Gasteiger partial charge in [-0.25, -0.2) is 0 Å². The molecule has 2 aromatic carbocycles. The first-order chi connectivity index (χ1) is 13.3. The lowest BCUT2D eigenvalue weighted by Crippen LogP contribution is -2.28. The van der Waals surface area contributed by atoms with E-state index in [-0.39, 0.29) is 17.7 Å². The Labute approximate surface area is 174 Å². The highest BCUT2D eigenvalue weighted by molar-refractivity contribution is 7.99. The number of aromatic nitrogens is 3. The Balaban J connectivity index is 1.69. The Morgan fingerprint density at radius 1 is 1.14 bits per heavy atom. The molecule has 146 valence electrons. The minimum atomic E-state index is -0.0935. The zero-order valence-corrected chi connectivity index (χ0v) is 17.9. The van der Waals surface area contributed by atoms with Gasteiger partial charge in [-0.2, -0.15) is 0 Å². The first kappa shape index (κ1) is 20.4. The van der Waals surface area contributed by atoms with Gasteiger partial charge in [0.25, 0.3) is 0 Å². The number of nitrogens with zero attached hydrogens (tertiary/aromatic N) is 3. The Bertz CT molecular complexity index is 985. The maximum Gasteiger partial charge on any atom is 0.230 e. The number of rotatable bonds is 6. The van der Waals surface area contributed by atoms with Crippen molar-refractivity contribution in [1.82, 2.24) is 20.1 Å². The number of carbonyl (C=O) groups is 1. The summed E-state index contributed by atoms with van der Waals surface area (Å²) in [5.41, 5.74) is 4.35. The maximum atomic E-state index is 12.4. The largest absolute Gasteiger partial charge is 0.349 e. The molecule has 7 heteroatoms. The molecule has 0 aliphatic rings. The van der Waals surface area contributed by atoms with E-state index in [1.54, 1.807) is 0 Å². The van der Waals surface area contributed by atoms with Crippen molar-refractivity contribution in [2.45, 2.75) is 38.9 Å². The predicted molar refractivity (Wildman–Crippen MR) is 114 cm³/mol. The van der Waals surface area contributed by atoms with E-state index in [1.165, 1.54) is 17.3 Å². The van der Waals surface area contributed by atoms with Gasteiger partial charge in [-0.3, -0.25) is 9.36 Å². The van der Waals surface area contributed by atoms with Crippen LogP contribution in [0.4, 0.5) is 0 Å². The summed E-state index contributed by atoms with van der Waals surface area (Å²) >= 11 is 7.30. The smallest absolute Gasteiger partial charge is 0.230 e. The summed E-state index contributed by atoms with van der Waals surface area (Å²) < 4.78 is 2.00. The maximum absolute atomic E-state index is 12.4. The van der Waals surface area contributed by atoms with E-state index in [0.29, 0.717) is 10.2 Å². The van der Waals surface area contributed by atoms with Crippen LogP contribution < -0.4 is 5.32 Å². The van der Waals surface area contributed by atoms with Gasteiger partial charge < -0.3 is 5.32 Å². The van der Waals surface area contributed by atoms with Crippen molar-refractivity contribution in [1.29, 1.82) is 0 Å². The molecule has 0 aliphatic carbocycles. The zero-order chi connectivity index (χ0) is 20.3. The average Bonchev–Trinajstić information content (AvgIpc) is 3.03. The molecule has 0 spiro atoms. The molecule has 0 radical (unpaired) electrons. The molecule has 3 aromatic rings. The van der Waals surface area contributed by atoms with E-state index in [0.717, 1.165) is 22.6 Å². The van der Waals surface area contributed by atoms with Crippen LogP contribution in [0.2, 0.25) is 5.02 Å². The quantitative estimate of drug-likeness (QED) is 0.587. The lowest BCUT2D eigenvalue weighted by Gasteiger charge is -2.15. The van der Waals surface area contributed by atoms with Gasteiger partial charge in [-0.15, -0.1) is 10.2 Å². The number of benzene rings is 2. The molecule has 5 nitrogen and oxygen atoms in total. The Kier molecular flexibility index (Phi) is 6.42. The van der Waals surface area contributed by atoms with Gasteiger partial charge in [0.2, 0.25) is 5.91 Å². The molecule has 1 unspecified atom stereocenters. The summed E-state index contributed by atoms with van der Waals surface area (Å²) in [7, 11) is 0. The van der Waals surface area contributed by atoms with Gasteiger partial charge in [0.15, 0.2) is 5.16 Å². The first-order valence-corrected chi connectivity index (χ1v) is 10.4. The predicted octanol–water partition coefficient (Wildman–Crippen LogP) is 4.82. The minimum Gasteiger partial charge on any atom is -0.349 e. The van der Waals surface area contributed by atoms with Gasteiger partial charge in [0.1, 0.15) is 5.82 Å². The molecular weight excluding hydrogens is 392 g/mol. The monoisotopic (exact) mass is 414 g/mol. The number of hydrogen-bond acceptors (Lipinski definition) is 4. The molecule has 1 heterocycles. The molecule has 1 aromatic heterocycles. The highest BCUT2D eigenvalue weighted by Crippen LogP contribution is 2.25. The summed E-state index contributed by atoms with van der Waals surface area (Å²) in [5, 5.41) is 12.9. The molecule has 1 N–H and O–H groups in total. The van der Waals surface area contributed by atoms with Gasteiger partial charge >= 0.3 is 0 Å². The van der Waals surface area contributed by atoms with Gasteiger partial charge in [0, 0.05) is 5.02 Å². The standard InChI is InChI=1S/C21H23ClN4OS/c1-13-5-6-14(2)19(11-13)26-16(4)24-25-21(26)28-12-20(27)23-15(3)17-7-9-18(22)10-8-17/h5-11,15H,12H2,1-4H3,(H,23,27). The van der Waals surface area contributed by atoms with Crippen LogP contribution in [0, 0.1) is 20.8 Å². The Morgan fingerprint density at radius 3 is 2.57 bits per heavy atom. The number of nitrogens with one attached hydrogen (secondary N) is 1. The van der Waals surface area contributed by atoms with Crippen molar-refractivity contribution in [3.8, 4) is 5.69 Å². The van der Waals surface area contributed by atoms with E-state index in [2.05, 4.69) is 47.6 Å². The normalized spacial score (nSPS) is 12.0. The van der Waals surface area contributed by atoms with Crippen LogP contribution in [-0.4, -0.2) is 26.4 Å². The number of thioether (sulfide) groups is 1. The Morgan fingerprint density at radius 2 is 1.86 bits per heavy atom. The fraction of sp³-hybridized carbons (Fsp3) is 0.286. The SMILES string of the molecule is Cc1ccc(C)c(-n2c(C)nnc2SCC(=O)NC(C)c2ccc(Cl)cc2)c1. The van der Waals surface area contributed by atoms with E-state index >= 15 is 0 Å². The Hall–Kier alpha value is -2.31. The van der Waals surface area contributed by atoms with Crippen molar-refractivity contribution in [3.63, 3.8) is 0 Å². The van der Waals surface area contributed by atoms with Crippen molar-refractivity contribution in [3.05, 3.63) is 70.0 Å². The van der Waals surface area contributed by atoms with Gasteiger partial charge in [-0.05, 0) is 62.6 Å². The highest BCUT2D eigenvalue weighted by Gasteiger charge is 2.16. The van der Waals surface area contributed by atoms with Crippen LogP contribution in [0.25, 0.3) is 5.69 Å². The number of halogens is 1. The summed E-state index contributed by atoms with van der Waals surface area (Å²) in [6.45, 7) is 7.99. The van der Waals surface area contributed by atoms with E-state index in [4.69, 9.17) is 11.6 Å². The van der Waals surface area contributed by atoms with Crippen molar-refractivity contribution >= 4 is 29.3 Å². The molecule has 28 heavy (non-hydrogen) atoms.